The fourth-order valence-electron chi connectivity index (χ4n) is 2.04. The smallest absolute Gasteiger partial charge is 0.423 e. The molecule has 1 aliphatic rings. The lowest BCUT2D eigenvalue weighted by atomic mass is 9.82. The molecule has 1 aliphatic heterocycles. The Bertz CT molecular complexity index is 442. The van der Waals surface area contributed by atoms with Crippen molar-refractivity contribution in [1.29, 1.82) is 0 Å². The molecule has 0 aliphatic carbocycles. The molecule has 0 fully saturated rings. The van der Waals surface area contributed by atoms with Crippen LogP contribution in [0.1, 0.15) is 18.9 Å². The molecular formula is C15H19BO3. The molecule has 0 unspecified atom stereocenters. The molecule has 1 atom stereocenters. The predicted octanol–water partition coefficient (Wildman–Crippen LogP) is 2.51. The fraction of sp³-hybridized carbons (Fsp3) is 0.333. The van der Waals surface area contributed by atoms with Crippen LogP contribution in [-0.4, -0.2) is 24.9 Å². The lowest BCUT2D eigenvalue weighted by molar-refractivity contribution is 0.147. The minimum absolute atomic E-state index is 0.0553. The van der Waals surface area contributed by atoms with Gasteiger partial charge in [-0.2, -0.15) is 0 Å². The molecule has 1 aromatic rings. The third-order valence-electron chi connectivity index (χ3n) is 2.94. The third-order valence-corrected chi connectivity index (χ3v) is 2.94. The average Bonchev–Trinajstić information content (AvgIpc) is 2.38. The van der Waals surface area contributed by atoms with Gasteiger partial charge in [-0.05, 0) is 18.9 Å². The van der Waals surface area contributed by atoms with Crippen molar-refractivity contribution in [2.75, 3.05) is 6.61 Å². The van der Waals surface area contributed by atoms with E-state index in [9.17, 15) is 5.02 Å². The van der Waals surface area contributed by atoms with Crippen LogP contribution in [0.3, 0.4) is 0 Å². The second-order valence-electron chi connectivity index (χ2n) is 4.71. The molecule has 1 N–H and O–H groups in total. The van der Waals surface area contributed by atoms with Crippen molar-refractivity contribution in [3.05, 3.63) is 59.6 Å². The van der Waals surface area contributed by atoms with Gasteiger partial charge in [0.05, 0.1) is 19.3 Å². The normalized spacial score (nSPS) is 19.8. The van der Waals surface area contributed by atoms with Crippen molar-refractivity contribution in [2.45, 2.75) is 26.1 Å². The molecule has 0 saturated carbocycles. The number of rotatable bonds is 5. The van der Waals surface area contributed by atoms with Gasteiger partial charge < -0.3 is 14.4 Å². The average molecular weight is 258 g/mol. The Morgan fingerprint density at radius 1 is 1.42 bits per heavy atom. The first kappa shape index (κ1) is 14.1. The number of benzene rings is 1. The van der Waals surface area contributed by atoms with E-state index in [-0.39, 0.29) is 6.10 Å². The molecular weight excluding hydrogens is 239 g/mol. The number of ether oxygens (including phenoxy) is 1. The van der Waals surface area contributed by atoms with E-state index in [1.807, 2.05) is 49.4 Å². The van der Waals surface area contributed by atoms with Crippen LogP contribution < -0.4 is 0 Å². The molecule has 1 aromatic carbocycles. The Morgan fingerprint density at radius 3 is 2.95 bits per heavy atom. The van der Waals surface area contributed by atoms with E-state index < -0.39 is 7.12 Å². The first-order valence-electron chi connectivity index (χ1n) is 6.53. The summed E-state index contributed by atoms with van der Waals surface area (Å²) in [6, 6.07) is 10.1. The maximum absolute atomic E-state index is 9.44. The van der Waals surface area contributed by atoms with Gasteiger partial charge in [0.15, 0.2) is 0 Å². The topological polar surface area (TPSA) is 38.7 Å². The van der Waals surface area contributed by atoms with Gasteiger partial charge in [0, 0.05) is 0 Å². The van der Waals surface area contributed by atoms with Crippen LogP contribution in [0.5, 0.6) is 0 Å². The zero-order valence-electron chi connectivity index (χ0n) is 11.2. The Labute approximate surface area is 114 Å². The van der Waals surface area contributed by atoms with Gasteiger partial charge >= 0.3 is 7.12 Å². The molecule has 0 aromatic heterocycles. The summed E-state index contributed by atoms with van der Waals surface area (Å²) in [5.41, 5.74) is 2.32. The minimum Gasteiger partial charge on any atom is -0.423 e. The summed E-state index contributed by atoms with van der Waals surface area (Å²) < 4.78 is 10.9. The molecule has 4 heteroatoms. The summed E-state index contributed by atoms with van der Waals surface area (Å²) in [4.78, 5) is 0. The predicted molar refractivity (Wildman–Crippen MR) is 76.5 cm³/mol. The lowest BCUT2D eigenvalue weighted by Crippen LogP contribution is -2.28. The van der Waals surface area contributed by atoms with Crippen LogP contribution in [-0.2, 0) is 16.0 Å². The minimum atomic E-state index is -0.784. The molecule has 2 rings (SSSR count). The standard InChI is InChI=1S/C15H19BO3/c1-13-10-15(19-16(17)11-13)8-5-9-18-12-14-6-3-2-4-7-14/h2-8,11,15,17H,9-10,12H2,1H3/b8-5+/t15-/m1/s1. The van der Waals surface area contributed by atoms with Crippen LogP contribution in [0.4, 0.5) is 0 Å². The lowest BCUT2D eigenvalue weighted by Gasteiger charge is -2.21. The maximum atomic E-state index is 9.44. The van der Waals surface area contributed by atoms with Crippen LogP contribution in [0.2, 0.25) is 0 Å². The quantitative estimate of drug-likeness (QED) is 0.501. The van der Waals surface area contributed by atoms with Crippen molar-refractivity contribution in [1.82, 2.24) is 0 Å². The molecule has 100 valence electrons. The molecule has 19 heavy (non-hydrogen) atoms. The molecule has 3 nitrogen and oxygen atoms in total. The van der Waals surface area contributed by atoms with Gasteiger partial charge in [-0.25, -0.2) is 0 Å². The summed E-state index contributed by atoms with van der Waals surface area (Å²) in [6.45, 7) is 3.16. The Balaban J connectivity index is 1.68. The Hall–Kier alpha value is -1.36. The van der Waals surface area contributed by atoms with Crippen molar-refractivity contribution in [3.63, 3.8) is 0 Å². The van der Waals surface area contributed by atoms with Gasteiger partial charge in [-0.15, -0.1) is 0 Å². The van der Waals surface area contributed by atoms with Gasteiger partial charge in [-0.1, -0.05) is 54.0 Å². The highest BCUT2D eigenvalue weighted by atomic mass is 16.5. The van der Waals surface area contributed by atoms with E-state index >= 15 is 0 Å². The van der Waals surface area contributed by atoms with Crippen LogP contribution >= 0.6 is 0 Å². The second-order valence-corrected chi connectivity index (χ2v) is 4.71. The van der Waals surface area contributed by atoms with Gasteiger partial charge in [0.25, 0.3) is 0 Å². The summed E-state index contributed by atoms with van der Waals surface area (Å²) in [5.74, 6) is 1.73. The van der Waals surface area contributed by atoms with Crippen LogP contribution in [0.25, 0.3) is 0 Å². The second kappa shape index (κ2) is 7.29. The van der Waals surface area contributed by atoms with E-state index in [0.29, 0.717) is 13.2 Å². The molecule has 0 saturated heterocycles. The van der Waals surface area contributed by atoms with E-state index in [1.165, 1.54) is 5.56 Å². The van der Waals surface area contributed by atoms with E-state index in [2.05, 4.69) is 0 Å². The van der Waals surface area contributed by atoms with Crippen molar-refractivity contribution < 1.29 is 14.4 Å². The Morgan fingerprint density at radius 2 is 2.21 bits per heavy atom. The number of hydrogen-bond acceptors (Lipinski definition) is 3. The summed E-state index contributed by atoms with van der Waals surface area (Å²) >= 11 is 0. The summed E-state index contributed by atoms with van der Waals surface area (Å²) in [5, 5.41) is 9.44. The van der Waals surface area contributed by atoms with Crippen LogP contribution in [0.15, 0.2) is 54.0 Å². The Kier molecular flexibility index (Phi) is 5.39. The van der Waals surface area contributed by atoms with Gasteiger partial charge in [0.2, 0.25) is 0 Å². The zero-order chi connectivity index (χ0) is 13.5. The van der Waals surface area contributed by atoms with E-state index in [0.717, 1.165) is 12.0 Å². The van der Waals surface area contributed by atoms with Gasteiger partial charge in [0.1, 0.15) is 0 Å². The third kappa shape index (κ3) is 5.03. The largest absolute Gasteiger partial charge is 0.483 e. The highest BCUT2D eigenvalue weighted by molar-refractivity contribution is 6.49. The van der Waals surface area contributed by atoms with Crippen LogP contribution in [0, 0.1) is 0 Å². The highest BCUT2D eigenvalue weighted by Gasteiger charge is 2.21. The first-order valence-corrected chi connectivity index (χ1v) is 6.53. The van der Waals surface area contributed by atoms with Gasteiger partial charge in [-0.3, -0.25) is 0 Å². The SMILES string of the molecule is CC1=CB(O)O[C@H](/C=C/COCc2ccccc2)C1. The summed E-state index contributed by atoms with van der Waals surface area (Å²) in [7, 11) is -0.784. The zero-order valence-corrected chi connectivity index (χ0v) is 11.2. The highest BCUT2D eigenvalue weighted by Crippen LogP contribution is 2.16. The molecule has 0 spiro atoms. The number of hydrogen-bond donors (Lipinski definition) is 1. The van der Waals surface area contributed by atoms with Crippen molar-refractivity contribution >= 4 is 7.12 Å². The monoisotopic (exact) mass is 258 g/mol. The first-order chi connectivity index (χ1) is 9.24. The maximum Gasteiger partial charge on any atom is 0.483 e. The molecule has 0 radical (unpaired) electrons. The fourth-order valence-corrected chi connectivity index (χ4v) is 2.04. The molecule has 1 heterocycles. The van der Waals surface area contributed by atoms with E-state index in [4.69, 9.17) is 9.39 Å². The van der Waals surface area contributed by atoms with E-state index in [1.54, 1.807) is 5.98 Å². The van der Waals surface area contributed by atoms with Crippen molar-refractivity contribution in [3.8, 4) is 0 Å². The summed E-state index contributed by atoms with van der Waals surface area (Å²) in [6.07, 6.45) is 4.66. The molecule has 0 amide bonds. The van der Waals surface area contributed by atoms with Crippen molar-refractivity contribution in [2.24, 2.45) is 0 Å². The molecule has 0 bridgehead atoms.